The van der Waals surface area contributed by atoms with Gasteiger partial charge in [-0.15, -0.1) is 0 Å². The molecule has 9 heavy (non-hydrogen) atoms. The van der Waals surface area contributed by atoms with Gasteiger partial charge in [-0.3, -0.25) is 9.42 Å². The van der Waals surface area contributed by atoms with E-state index in [2.05, 4.69) is 4.52 Å². The minimum atomic E-state index is -2.44. The van der Waals surface area contributed by atoms with Gasteiger partial charge < -0.3 is 0 Å². The first-order chi connectivity index (χ1) is 3.98. The van der Waals surface area contributed by atoms with Crippen LogP contribution in [0.25, 0.3) is 0 Å². The minimum absolute atomic E-state index is 0.470. The van der Waals surface area contributed by atoms with Crippen molar-refractivity contribution in [1.82, 2.24) is 0 Å². The van der Waals surface area contributed by atoms with Gasteiger partial charge in [0.15, 0.2) is 0 Å². The lowest BCUT2D eigenvalue weighted by molar-refractivity contribution is 0.0994. The van der Waals surface area contributed by atoms with Crippen LogP contribution >= 0.6 is 8.25 Å². The van der Waals surface area contributed by atoms with Gasteiger partial charge in [0, 0.05) is 0 Å². The summed E-state index contributed by atoms with van der Waals surface area (Å²) in [5, 5.41) is 0. The zero-order valence-electron chi connectivity index (χ0n) is 5.92. The Morgan fingerprint density at radius 2 is 2.11 bits per heavy atom. The molecule has 1 N–H and O–H groups in total. The Balaban J connectivity index is 3.71. The predicted molar refractivity (Wildman–Crippen MR) is 35.3 cm³/mol. The van der Waals surface area contributed by atoms with Crippen LogP contribution in [0.3, 0.4) is 0 Å². The molecule has 3 nitrogen and oxygen atoms in total. The van der Waals surface area contributed by atoms with Gasteiger partial charge in [-0.05, 0) is 20.3 Å². The van der Waals surface area contributed by atoms with Gasteiger partial charge in [0.25, 0.3) is 0 Å². The van der Waals surface area contributed by atoms with Crippen LogP contribution in [0.15, 0.2) is 0 Å². The fourth-order valence-corrected chi connectivity index (χ4v) is 0.828. The van der Waals surface area contributed by atoms with Crippen molar-refractivity contribution in [2.24, 2.45) is 0 Å². The smallest absolute Gasteiger partial charge is 0.298 e. The molecule has 0 rings (SSSR count). The van der Waals surface area contributed by atoms with E-state index in [1.165, 1.54) is 0 Å². The second kappa shape index (κ2) is 3.25. The molecule has 0 amide bonds. The van der Waals surface area contributed by atoms with Crippen LogP contribution < -0.4 is 0 Å². The van der Waals surface area contributed by atoms with Gasteiger partial charge in [0.1, 0.15) is 0 Å². The highest BCUT2D eigenvalue weighted by Crippen LogP contribution is 2.27. The average molecular weight is 151 g/mol. The maximum atomic E-state index is 10.1. The molecule has 1 unspecified atom stereocenters. The van der Waals surface area contributed by atoms with Crippen molar-refractivity contribution in [2.45, 2.75) is 32.8 Å². The van der Waals surface area contributed by atoms with Gasteiger partial charge in [0.2, 0.25) is 0 Å². The molecule has 4 heteroatoms. The highest BCUT2D eigenvalue weighted by atomic mass is 31.1. The third-order valence-corrected chi connectivity index (χ3v) is 1.83. The maximum absolute atomic E-state index is 10.1. The largest absolute Gasteiger partial charge is 0.366 e. The molecule has 0 bridgehead atoms. The van der Waals surface area contributed by atoms with E-state index in [1.54, 1.807) is 13.8 Å². The Hall–Kier alpha value is 0.0200. The number of hydrogen-bond acceptors (Lipinski definition) is 2. The molecule has 0 aromatic rings. The third-order valence-electron chi connectivity index (χ3n) is 1.18. The minimum Gasteiger partial charge on any atom is -0.298 e. The Labute approximate surface area is 56.0 Å². The van der Waals surface area contributed by atoms with Crippen LogP contribution in [-0.2, 0) is 9.09 Å². The van der Waals surface area contributed by atoms with Crippen LogP contribution in [0, 0.1) is 0 Å². The quantitative estimate of drug-likeness (QED) is 0.626. The van der Waals surface area contributed by atoms with Crippen LogP contribution in [0.1, 0.15) is 27.2 Å². The summed E-state index contributed by atoms with van der Waals surface area (Å²) in [5.41, 5.74) is -0.470. The molecule has 0 fully saturated rings. The lowest BCUT2D eigenvalue weighted by atomic mass is 10.1. The van der Waals surface area contributed by atoms with Crippen molar-refractivity contribution in [3.63, 3.8) is 0 Å². The first-order valence-electron chi connectivity index (χ1n) is 2.83. The van der Waals surface area contributed by atoms with Crippen LogP contribution in [0.4, 0.5) is 0 Å². The van der Waals surface area contributed by atoms with Crippen molar-refractivity contribution >= 4 is 8.25 Å². The first kappa shape index (κ1) is 9.02. The van der Waals surface area contributed by atoms with E-state index in [-0.39, 0.29) is 0 Å². The molecule has 0 aliphatic carbocycles. The highest BCUT2D eigenvalue weighted by molar-refractivity contribution is 7.32. The van der Waals surface area contributed by atoms with Crippen molar-refractivity contribution in [2.75, 3.05) is 0 Å². The third kappa shape index (κ3) is 4.52. The molecular weight excluding hydrogens is 139 g/mol. The zero-order valence-corrected chi connectivity index (χ0v) is 6.81. The first-order valence-corrected chi connectivity index (χ1v) is 3.96. The van der Waals surface area contributed by atoms with Crippen LogP contribution in [0.2, 0.25) is 0 Å². The Morgan fingerprint density at radius 1 is 1.67 bits per heavy atom. The molecular formula is C5H12O3P. The van der Waals surface area contributed by atoms with Crippen molar-refractivity contribution < 1.29 is 14.0 Å². The predicted octanol–water partition coefficient (Wildman–Crippen LogP) is 1.84. The average Bonchev–Trinajstić information content (AvgIpc) is 1.63. The van der Waals surface area contributed by atoms with Crippen LogP contribution in [-0.4, -0.2) is 10.5 Å². The van der Waals surface area contributed by atoms with E-state index in [0.29, 0.717) is 0 Å². The van der Waals surface area contributed by atoms with E-state index in [1.807, 2.05) is 6.92 Å². The molecule has 0 aliphatic rings. The Bertz CT molecular complexity index is 111. The molecule has 0 saturated carbocycles. The molecule has 0 saturated heterocycles. The second-order valence-corrected chi connectivity index (χ2v) is 3.10. The number of hydrogen-bond donors (Lipinski definition) is 1. The summed E-state index contributed by atoms with van der Waals surface area (Å²) in [4.78, 5) is 8.31. The lowest BCUT2D eigenvalue weighted by Crippen LogP contribution is -2.18. The molecule has 0 heterocycles. The molecule has 1 radical (unpaired) electrons. The van der Waals surface area contributed by atoms with Gasteiger partial charge in [-0.2, -0.15) is 0 Å². The van der Waals surface area contributed by atoms with E-state index >= 15 is 0 Å². The zero-order chi connectivity index (χ0) is 7.49. The van der Waals surface area contributed by atoms with Crippen molar-refractivity contribution in [3.8, 4) is 0 Å². The second-order valence-electron chi connectivity index (χ2n) is 2.44. The summed E-state index contributed by atoms with van der Waals surface area (Å²) >= 11 is 0. The Morgan fingerprint density at radius 3 is 2.22 bits per heavy atom. The normalized spacial score (nSPS) is 13.6. The summed E-state index contributed by atoms with van der Waals surface area (Å²) in [5.74, 6) is 0. The molecule has 0 aromatic carbocycles. The summed E-state index contributed by atoms with van der Waals surface area (Å²) in [6.07, 6.45) is 0.731. The summed E-state index contributed by atoms with van der Waals surface area (Å²) in [6.45, 7) is 5.45. The monoisotopic (exact) mass is 151 g/mol. The van der Waals surface area contributed by atoms with E-state index < -0.39 is 13.9 Å². The highest BCUT2D eigenvalue weighted by Gasteiger charge is 2.18. The lowest BCUT2D eigenvalue weighted by Gasteiger charge is -2.19. The van der Waals surface area contributed by atoms with Gasteiger partial charge >= 0.3 is 8.25 Å². The fourth-order valence-electron chi connectivity index (χ4n) is 0.276. The SMILES string of the molecule is CCC(C)(C)O[P](=O)O. The van der Waals surface area contributed by atoms with Crippen molar-refractivity contribution in [1.29, 1.82) is 0 Å². The standard InChI is InChI=1S/C5H12O3P/c1-4-5(2,3)8-9(6)7/h4H2,1-3H3,(H,6,7). The van der Waals surface area contributed by atoms with Crippen molar-refractivity contribution in [3.05, 3.63) is 0 Å². The summed E-state index contributed by atoms with van der Waals surface area (Å²) in [7, 11) is -2.44. The van der Waals surface area contributed by atoms with E-state index in [9.17, 15) is 4.57 Å². The van der Waals surface area contributed by atoms with E-state index in [4.69, 9.17) is 4.89 Å². The maximum Gasteiger partial charge on any atom is 0.366 e. The van der Waals surface area contributed by atoms with Gasteiger partial charge in [-0.1, -0.05) is 6.92 Å². The molecule has 0 spiro atoms. The molecule has 0 aromatic heterocycles. The molecule has 1 atom stereocenters. The fraction of sp³-hybridized carbons (Fsp3) is 1.00. The molecule has 0 aliphatic heterocycles. The van der Waals surface area contributed by atoms with Gasteiger partial charge in [-0.25, -0.2) is 4.57 Å². The van der Waals surface area contributed by atoms with Gasteiger partial charge in [0.05, 0.1) is 5.60 Å². The summed E-state index contributed by atoms with van der Waals surface area (Å²) in [6, 6.07) is 0. The van der Waals surface area contributed by atoms with Crippen LogP contribution in [0.5, 0.6) is 0 Å². The Kier molecular flexibility index (Phi) is 3.26. The topological polar surface area (TPSA) is 46.5 Å². The number of rotatable bonds is 3. The van der Waals surface area contributed by atoms with E-state index in [0.717, 1.165) is 6.42 Å². The molecule has 55 valence electrons. The summed E-state index contributed by atoms with van der Waals surface area (Å²) < 4.78 is 14.8.